The first-order valence-electron chi connectivity index (χ1n) is 8.59. The van der Waals surface area contributed by atoms with Crippen molar-refractivity contribution in [3.05, 3.63) is 47.5 Å². The lowest BCUT2D eigenvalue weighted by atomic mass is 9.97. The van der Waals surface area contributed by atoms with Gasteiger partial charge in [-0.2, -0.15) is 0 Å². The molecule has 0 saturated heterocycles. The molecular weight excluding hydrogens is 284 g/mol. The molecule has 0 radical (unpaired) electrons. The van der Waals surface area contributed by atoms with Gasteiger partial charge >= 0.3 is 0 Å². The predicted octanol–water partition coefficient (Wildman–Crippen LogP) is 3.86. The van der Waals surface area contributed by atoms with Gasteiger partial charge in [0.2, 0.25) is 5.91 Å². The second-order valence-electron chi connectivity index (χ2n) is 7.26. The molecule has 0 spiro atoms. The van der Waals surface area contributed by atoms with Crippen LogP contribution in [-0.2, 0) is 11.3 Å². The normalized spacial score (nSPS) is 12.7. The van der Waals surface area contributed by atoms with Gasteiger partial charge in [0.1, 0.15) is 6.54 Å². The molecule has 1 amide bonds. The maximum Gasteiger partial charge on any atom is 0.246 e. The molecule has 0 aliphatic rings. The highest BCUT2D eigenvalue weighted by Crippen LogP contribution is 2.20. The molecule has 0 saturated carbocycles. The van der Waals surface area contributed by atoms with Crippen LogP contribution in [0.15, 0.2) is 36.4 Å². The third kappa shape index (κ3) is 7.00. The van der Waals surface area contributed by atoms with E-state index in [0.29, 0.717) is 18.0 Å². The first kappa shape index (κ1) is 19.4. The fourth-order valence-corrected chi connectivity index (χ4v) is 2.62. The summed E-state index contributed by atoms with van der Waals surface area (Å²) >= 11 is 0. The number of hydrogen-bond acceptors (Lipinski definition) is 1. The summed E-state index contributed by atoms with van der Waals surface area (Å²) in [6, 6.07) is 9.03. The highest BCUT2D eigenvalue weighted by Gasteiger charge is 2.16. The van der Waals surface area contributed by atoms with E-state index in [-0.39, 0.29) is 5.91 Å². The van der Waals surface area contributed by atoms with Crippen LogP contribution >= 0.6 is 0 Å². The van der Waals surface area contributed by atoms with Gasteiger partial charge in [-0.05, 0) is 24.8 Å². The number of quaternary nitrogens is 1. The van der Waals surface area contributed by atoms with E-state index >= 15 is 0 Å². The molecular formula is C20H33N2O+. The van der Waals surface area contributed by atoms with E-state index in [1.807, 2.05) is 0 Å². The second-order valence-corrected chi connectivity index (χ2v) is 7.26. The molecule has 23 heavy (non-hydrogen) atoms. The van der Waals surface area contributed by atoms with Crippen LogP contribution in [0, 0.1) is 0 Å². The topological polar surface area (TPSA) is 29.1 Å². The highest BCUT2D eigenvalue weighted by molar-refractivity contribution is 5.91. The fraction of sp³-hybridized carbons (Fsp3) is 0.550. The highest BCUT2D eigenvalue weighted by atomic mass is 16.1. The molecule has 0 bridgehead atoms. The van der Waals surface area contributed by atoms with Crippen LogP contribution in [-0.4, -0.2) is 37.6 Å². The molecule has 3 nitrogen and oxygen atoms in total. The lowest BCUT2D eigenvalue weighted by Crippen LogP contribution is -2.41. The number of carbonyl (C=O) groups is 1. The van der Waals surface area contributed by atoms with Crippen LogP contribution < -0.4 is 5.32 Å². The smallest absolute Gasteiger partial charge is 0.246 e. The third-order valence-electron chi connectivity index (χ3n) is 4.39. The molecule has 1 unspecified atom stereocenters. The van der Waals surface area contributed by atoms with Crippen molar-refractivity contribution in [2.45, 2.75) is 46.1 Å². The summed E-state index contributed by atoms with van der Waals surface area (Å²) in [7, 11) is 4.48. The van der Waals surface area contributed by atoms with Crippen LogP contribution in [0.5, 0.6) is 0 Å². The van der Waals surface area contributed by atoms with Crippen LogP contribution in [0.3, 0.4) is 0 Å². The Labute approximate surface area is 142 Å². The Morgan fingerprint density at radius 2 is 1.87 bits per heavy atom. The van der Waals surface area contributed by atoms with Crippen molar-refractivity contribution in [1.82, 2.24) is 5.32 Å². The van der Waals surface area contributed by atoms with E-state index in [2.05, 4.69) is 64.1 Å². The van der Waals surface area contributed by atoms with Crippen molar-refractivity contribution in [3.8, 4) is 0 Å². The maximum absolute atomic E-state index is 11.5. The number of rotatable bonds is 9. The van der Waals surface area contributed by atoms with Crippen LogP contribution in [0.4, 0.5) is 0 Å². The predicted molar refractivity (Wildman–Crippen MR) is 98.3 cm³/mol. The summed E-state index contributed by atoms with van der Waals surface area (Å²) in [6.07, 6.45) is 2.15. The van der Waals surface area contributed by atoms with E-state index in [1.54, 1.807) is 6.92 Å². The number of carbonyl (C=O) groups excluding carboxylic acids is 1. The lowest BCUT2D eigenvalue weighted by molar-refractivity contribution is -0.903. The minimum atomic E-state index is -0.0454. The molecule has 1 rings (SSSR count). The summed E-state index contributed by atoms with van der Waals surface area (Å²) in [5.41, 5.74) is 3.36. The van der Waals surface area contributed by atoms with Gasteiger partial charge in [-0.15, -0.1) is 0 Å². The van der Waals surface area contributed by atoms with Gasteiger partial charge < -0.3 is 9.80 Å². The standard InChI is InChI=1S/C20H32N2O/c1-7-17(4)19-11-9-18(10-12-19)15-22(5,6)14-8-13-21-20(23)16(2)3/h9-12,17H,2,7-8,13-15H2,1,3-6H3/p+1. The Morgan fingerprint density at radius 3 is 2.39 bits per heavy atom. The largest absolute Gasteiger partial charge is 0.352 e. The van der Waals surface area contributed by atoms with Gasteiger partial charge in [-0.25, -0.2) is 0 Å². The Balaban J connectivity index is 2.45. The first-order valence-corrected chi connectivity index (χ1v) is 8.59. The quantitative estimate of drug-likeness (QED) is 0.418. The molecule has 1 aromatic carbocycles. The first-order chi connectivity index (χ1) is 10.7. The van der Waals surface area contributed by atoms with E-state index in [9.17, 15) is 4.79 Å². The molecule has 128 valence electrons. The van der Waals surface area contributed by atoms with Gasteiger partial charge in [0.15, 0.2) is 0 Å². The van der Waals surface area contributed by atoms with Gasteiger partial charge in [-0.1, -0.05) is 44.7 Å². The molecule has 3 heteroatoms. The zero-order valence-electron chi connectivity index (χ0n) is 15.5. The SMILES string of the molecule is C=C(C)C(=O)NCCC[N+](C)(C)Cc1ccc(C(C)CC)cc1. The van der Waals surface area contributed by atoms with E-state index in [0.717, 1.165) is 24.0 Å². The fourth-order valence-electron chi connectivity index (χ4n) is 2.62. The zero-order chi connectivity index (χ0) is 17.5. The molecule has 1 N–H and O–H groups in total. The number of nitrogens with one attached hydrogen (secondary N) is 1. The van der Waals surface area contributed by atoms with Crippen molar-refractivity contribution in [1.29, 1.82) is 0 Å². The summed E-state index contributed by atoms with van der Waals surface area (Å²) in [4.78, 5) is 11.5. The average molecular weight is 317 g/mol. The summed E-state index contributed by atoms with van der Waals surface area (Å²) in [6.45, 7) is 12.6. The van der Waals surface area contributed by atoms with Gasteiger partial charge in [0.25, 0.3) is 0 Å². The molecule has 1 atom stereocenters. The van der Waals surface area contributed by atoms with Crippen molar-refractivity contribution >= 4 is 5.91 Å². The summed E-state index contributed by atoms with van der Waals surface area (Å²) in [5.74, 6) is 0.583. The van der Waals surface area contributed by atoms with Gasteiger partial charge in [0.05, 0.1) is 20.6 Å². The number of benzene rings is 1. The summed E-state index contributed by atoms with van der Waals surface area (Å²) in [5, 5.41) is 2.90. The van der Waals surface area contributed by atoms with Gasteiger partial charge in [0, 0.05) is 24.1 Å². The molecule has 0 heterocycles. The number of hydrogen-bond donors (Lipinski definition) is 1. The van der Waals surface area contributed by atoms with Crippen molar-refractivity contribution in [2.75, 3.05) is 27.2 Å². The summed E-state index contributed by atoms with van der Waals surface area (Å²) < 4.78 is 0.922. The van der Waals surface area contributed by atoms with Gasteiger partial charge in [-0.3, -0.25) is 4.79 Å². The van der Waals surface area contributed by atoms with Crippen LogP contribution in [0.25, 0.3) is 0 Å². The molecule has 0 aromatic heterocycles. The molecule has 1 aromatic rings. The van der Waals surface area contributed by atoms with E-state index in [1.165, 1.54) is 17.5 Å². The molecule has 0 aliphatic heterocycles. The second kappa shape index (κ2) is 8.88. The Bertz CT molecular complexity index is 517. The van der Waals surface area contributed by atoms with E-state index in [4.69, 9.17) is 0 Å². The van der Waals surface area contributed by atoms with Crippen molar-refractivity contribution < 1.29 is 9.28 Å². The van der Waals surface area contributed by atoms with Crippen LogP contribution in [0.2, 0.25) is 0 Å². The third-order valence-corrected chi connectivity index (χ3v) is 4.39. The Kier molecular flexibility index (Phi) is 7.50. The van der Waals surface area contributed by atoms with Crippen molar-refractivity contribution in [3.63, 3.8) is 0 Å². The maximum atomic E-state index is 11.5. The zero-order valence-corrected chi connectivity index (χ0v) is 15.5. The monoisotopic (exact) mass is 317 g/mol. The minimum absolute atomic E-state index is 0.0454. The van der Waals surface area contributed by atoms with E-state index < -0.39 is 0 Å². The molecule has 0 aliphatic carbocycles. The van der Waals surface area contributed by atoms with Crippen molar-refractivity contribution in [2.24, 2.45) is 0 Å². The number of nitrogens with zero attached hydrogens (tertiary/aromatic N) is 1. The van der Waals surface area contributed by atoms with Crippen LogP contribution in [0.1, 0.15) is 50.7 Å². The Hall–Kier alpha value is -1.61. The average Bonchev–Trinajstić information content (AvgIpc) is 2.50. The Morgan fingerprint density at radius 1 is 1.26 bits per heavy atom. The minimum Gasteiger partial charge on any atom is -0.352 e. The number of amides is 1. The lowest BCUT2D eigenvalue weighted by Gasteiger charge is -2.30. The molecule has 0 fully saturated rings.